The summed E-state index contributed by atoms with van der Waals surface area (Å²) < 4.78 is 2.96. The topological polar surface area (TPSA) is 99.4 Å². The van der Waals surface area contributed by atoms with Crippen LogP contribution >= 0.6 is 27.7 Å². The third-order valence-corrected chi connectivity index (χ3v) is 7.88. The van der Waals surface area contributed by atoms with Crippen LogP contribution < -0.4 is 10.8 Å². The first-order valence-electron chi connectivity index (χ1n) is 10.3. The van der Waals surface area contributed by atoms with Gasteiger partial charge in [-0.2, -0.15) is 0 Å². The highest BCUT2D eigenvalue weighted by Crippen LogP contribution is 2.37. The summed E-state index contributed by atoms with van der Waals surface area (Å²) in [6, 6.07) is 4.00. The third-order valence-electron chi connectivity index (χ3n) is 6.02. The van der Waals surface area contributed by atoms with Gasteiger partial charge in [0.2, 0.25) is 0 Å². The highest BCUT2D eigenvalue weighted by Gasteiger charge is 2.22. The fourth-order valence-corrected chi connectivity index (χ4v) is 5.73. The van der Waals surface area contributed by atoms with E-state index in [1.165, 1.54) is 24.6 Å². The van der Waals surface area contributed by atoms with Crippen molar-refractivity contribution in [3.8, 4) is 0 Å². The molecule has 3 aromatic rings. The molecule has 5 rings (SSSR count). The monoisotopic (exact) mass is 486 g/mol. The van der Waals surface area contributed by atoms with E-state index in [0.29, 0.717) is 11.9 Å². The van der Waals surface area contributed by atoms with Crippen molar-refractivity contribution >= 4 is 44.6 Å². The van der Waals surface area contributed by atoms with Crippen molar-refractivity contribution < 1.29 is 4.79 Å². The number of halogens is 1. The maximum absolute atomic E-state index is 12.0. The minimum Gasteiger partial charge on any atom is -0.328 e. The van der Waals surface area contributed by atoms with Gasteiger partial charge in [-0.25, -0.2) is 9.97 Å². The van der Waals surface area contributed by atoms with Crippen molar-refractivity contribution in [1.29, 1.82) is 5.41 Å². The Hall–Kier alpha value is -1.97. The average molecular weight is 487 g/mol. The molecule has 1 aromatic carbocycles. The van der Waals surface area contributed by atoms with Gasteiger partial charge in [0.1, 0.15) is 5.52 Å². The normalized spacial score (nSPS) is 17.0. The lowest BCUT2D eigenvalue weighted by atomic mass is 9.95. The van der Waals surface area contributed by atoms with Crippen LogP contribution in [0.1, 0.15) is 41.6 Å². The van der Waals surface area contributed by atoms with Gasteiger partial charge in [0.05, 0.1) is 6.33 Å². The number of nitrogens with zero attached hydrogens (tertiary/aromatic N) is 3. The zero-order valence-electron chi connectivity index (χ0n) is 16.5. The Morgan fingerprint density at radius 2 is 2.10 bits per heavy atom. The molecule has 0 unspecified atom stereocenters. The molecule has 1 saturated heterocycles. The quantitative estimate of drug-likeness (QED) is 0.510. The molecule has 0 amide bonds. The molecule has 0 spiro atoms. The molecular weight excluding hydrogens is 464 g/mol. The SMILES string of the molecule is N=c1ncn(CCC2CCNCC2)c2nc(Sc3cc4c(cc3Br)C(=O)CC4)[nH]c12. The van der Waals surface area contributed by atoms with Gasteiger partial charge in [0.15, 0.2) is 22.1 Å². The molecule has 1 fully saturated rings. The number of fused-ring (bicyclic) bond motifs is 2. The summed E-state index contributed by atoms with van der Waals surface area (Å²) in [5.41, 5.74) is 3.57. The second kappa shape index (κ2) is 8.28. The van der Waals surface area contributed by atoms with Crippen LogP contribution in [0.25, 0.3) is 11.2 Å². The number of imidazole rings is 1. The van der Waals surface area contributed by atoms with Crippen molar-refractivity contribution in [3.05, 3.63) is 39.5 Å². The Balaban J connectivity index is 1.41. The predicted octanol–water partition coefficient (Wildman–Crippen LogP) is 3.67. The zero-order valence-corrected chi connectivity index (χ0v) is 18.9. The van der Waals surface area contributed by atoms with Crippen LogP contribution in [0.2, 0.25) is 0 Å². The highest BCUT2D eigenvalue weighted by atomic mass is 79.9. The molecule has 0 atom stereocenters. The molecule has 0 radical (unpaired) electrons. The summed E-state index contributed by atoms with van der Waals surface area (Å²) in [7, 11) is 0. The van der Waals surface area contributed by atoms with Gasteiger partial charge in [-0.15, -0.1) is 0 Å². The number of Topliss-reactive ketones (excluding diaryl/α,β-unsaturated/α-hetero) is 1. The van der Waals surface area contributed by atoms with E-state index in [-0.39, 0.29) is 11.3 Å². The Labute approximate surface area is 186 Å². The number of aryl methyl sites for hydroxylation is 2. The number of benzene rings is 1. The molecule has 3 N–H and O–H groups in total. The molecule has 0 saturated carbocycles. The van der Waals surface area contributed by atoms with Crippen LogP contribution in [0.4, 0.5) is 0 Å². The summed E-state index contributed by atoms with van der Waals surface area (Å²) in [4.78, 5) is 25.3. The number of carbonyl (C=O) groups is 1. The van der Waals surface area contributed by atoms with Crippen LogP contribution in [0.15, 0.2) is 33.0 Å². The Kier molecular flexibility index (Phi) is 5.51. The van der Waals surface area contributed by atoms with Gasteiger partial charge in [0.25, 0.3) is 0 Å². The second-order valence-corrected chi connectivity index (χ2v) is 9.86. The maximum Gasteiger partial charge on any atom is 0.173 e. The van der Waals surface area contributed by atoms with Gasteiger partial charge in [-0.3, -0.25) is 10.2 Å². The first-order chi connectivity index (χ1) is 14.6. The van der Waals surface area contributed by atoms with E-state index < -0.39 is 0 Å². The van der Waals surface area contributed by atoms with E-state index >= 15 is 0 Å². The number of piperidine rings is 1. The van der Waals surface area contributed by atoms with E-state index in [2.05, 4.69) is 41.8 Å². The standard InChI is InChI=1S/C21H23BrN6OS/c22-15-10-14-13(1-2-16(14)29)9-17(15)30-21-26-18-19(23)25-11-28(20(18)27-21)8-5-12-3-6-24-7-4-12/h9-12,23-24H,1-8H2,(H,26,27). The summed E-state index contributed by atoms with van der Waals surface area (Å²) in [6.07, 6.45) is 6.64. The number of hydrogen-bond donors (Lipinski definition) is 3. The Morgan fingerprint density at radius 3 is 2.93 bits per heavy atom. The van der Waals surface area contributed by atoms with E-state index in [4.69, 9.17) is 10.4 Å². The van der Waals surface area contributed by atoms with Gasteiger partial charge >= 0.3 is 0 Å². The summed E-state index contributed by atoms with van der Waals surface area (Å²) in [5.74, 6) is 0.938. The number of aromatic amines is 1. The number of H-pyrrole nitrogens is 1. The number of aromatic nitrogens is 4. The van der Waals surface area contributed by atoms with Crippen molar-refractivity contribution in [2.24, 2.45) is 5.92 Å². The molecule has 1 aliphatic carbocycles. The van der Waals surface area contributed by atoms with Crippen LogP contribution in [0.3, 0.4) is 0 Å². The van der Waals surface area contributed by atoms with Crippen LogP contribution in [-0.4, -0.2) is 38.4 Å². The molecule has 9 heteroatoms. The lowest BCUT2D eigenvalue weighted by molar-refractivity contribution is 0.0994. The number of nitrogens with one attached hydrogen (secondary N) is 3. The van der Waals surface area contributed by atoms with E-state index in [9.17, 15) is 4.79 Å². The minimum absolute atomic E-state index is 0.209. The van der Waals surface area contributed by atoms with Gasteiger partial charge in [0, 0.05) is 27.9 Å². The van der Waals surface area contributed by atoms with Crippen molar-refractivity contribution in [2.45, 2.75) is 48.7 Å². The van der Waals surface area contributed by atoms with Crippen molar-refractivity contribution in [1.82, 2.24) is 24.8 Å². The van der Waals surface area contributed by atoms with Gasteiger partial charge in [-0.1, -0.05) is 11.8 Å². The molecule has 0 bridgehead atoms. The predicted molar refractivity (Wildman–Crippen MR) is 119 cm³/mol. The van der Waals surface area contributed by atoms with Crippen LogP contribution in [-0.2, 0) is 13.0 Å². The van der Waals surface area contributed by atoms with Crippen molar-refractivity contribution in [3.63, 3.8) is 0 Å². The number of ketones is 1. The van der Waals surface area contributed by atoms with Gasteiger partial charge in [-0.05, 0) is 78.3 Å². The molecule has 3 heterocycles. The van der Waals surface area contributed by atoms with E-state index in [1.54, 1.807) is 6.33 Å². The second-order valence-electron chi connectivity index (χ2n) is 7.97. The van der Waals surface area contributed by atoms with Crippen LogP contribution in [0, 0.1) is 11.3 Å². The molecule has 156 valence electrons. The maximum atomic E-state index is 12.0. The largest absolute Gasteiger partial charge is 0.328 e. The zero-order chi connectivity index (χ0) is 20.7. The molecule has 7 nitrogen and oxygen atoms in total. The van der Waals surface area contributed by atoms with E-state index in [0.717, 1.165) is 69.7 Å². The first kappa shape index (κ1) is 20.0. The van der Waals surface area contributed by atoms with E-state index in [1.807, 2.05) is 6.07 Å². The molecule has 2 aromatic heterocycles. The number of rotatable bonds is 5. The Morgan fingerprint density at radius 1 is 1.27 bits per heavy atom. The number of hydrogen-bond acceptors (Lipinski definition) is 6. The summed E-state index contributed by atoms with van der Waals surface area (Å²) >= 11 is 5.12. The minimum atomic E-state index is 0.209. The fraction of sp³-hybridized carbons (Fsp3) is 0.429. The molecule has 30 heavy (non-hydrogen) atoms. The molecular formula is C21H23BrN6OS. The summed E-state index contributed by atoms with van der Waals surface area (Å²) in [6.45, 7) is 3.05. The lowest BCUT2D eigenvalue weighted by Gasteiger charge is -2.22. The first-order valence-corrected chi connectivity index (χ1v) is 11.9. The Bertz CT molecular complexity index is 1180. The van der Waals surface area contributed by atoms with Gasteiger partial charge < -0.3 is 14.9 Å². The fourth-order valence-electron chi connectivity index (χ4n) is 4.29. The lowest BCUT2D eigenvalue weighted by Crippen LogP contribution is -2.28. The third kappa shape index (κ3) is 3.86. The number of carbonyl (C=O) groups excluding carboxylic acids is 1. The molecule has 2 aliphatic rings. The highest BCUT2D eigenvalue weighted by molar-refractivity contribution is 9.10. The molecule has 1 aliphatic heterocycles. The van der Waals surface area contributed by atoms with Crippen LogP contribution in [0.5, 0.6) is 0 Å². The van der Waals surface area contributed by atoms with Crippen molar-refractivity contribution in [2.75, 3.05) is 13.1 Å². The average Bonchev–Trinajstić information content (AvgIpc) is 3.33. The smallest absolute Gasteiger partial charge is 0.173 e. The summed E-state index contributed by atoms with van der Waals surface area (Å²) in [5, 5.41) is 12.3.